The first-order valence-corrected chi connectivity index (χ1v) is 14.6. The van der Waals surface area contributed by atoms with E-state index in [-0.39, 0.29) is 37.2 Å². The molecule has 1 aliphatic carbocycles. The Morgan fingerprint density at radius 1 is 1.22 bits per heavy atom. The summed E-state index contributed by atoms with van der Waals surface area (Å²) >= 11 is 1.35. The number of nitrogens with zero attached hydrogens (tertiary/aromatic N) is 4. The molecular weight excluding hydrogens is 547 g/mol. The molecule has 10 nitrogen and oxygen atoms in total. The Morgan fingerprint density at radius 3 is 2.85 bits per heavy atom. The van der Waals surface area contributed by atoms with Gasteiger partial charge in [0.2, 0.25) is 5.91 Å². The third-order valence-electron chi connectivity index (χ3n) is 7.26. The van der Waals surface area contributed by atoms with Gasteiger partial charge in [-0.3, -0.25) is 4.79 Å². The quantitative estimate of drug-likeness (QED) is 0.270. The van der Waals surface area contributed by atoms with Crippen LogP contribution in [0.1, 0.15) is 30.6 Å². The number of ether oxygens (including phenoxy) is 2. The van der Waals surface area contributed by atoms with Gasteiger partial charge in [-0.25, -0.2) is 19.3 Å². The van der Waals surface area contributed by atoms with Gasteiger partial charge in [0.1, 0.15) is 18.0 Å². The van der Waals surface area contributed by atoms with E-state index < -0.39 is 0 Å². The van der Waals surface area contributed by atoms with E-state index in [9.17, 15) is 14.3 Å². The summed E-state index contributed by atoms with van der Waals surface area (Å²) in [6, 6.07) is 3.35. The third kappa shape index (κ3) is 7.78. The number of anilines is 2. The molecule has 1 amide bonds. The molecule has 218 valence electrons. The molecule has 1 aliphatic heterocycles. The monoisotopic (exact) mass is 582 g/mol. The van der Waals surface area contributed by atoms with Crippen LogP contribution in [-0.4, -0.2) is 76.9 Å². The minimum Gasteiger partial charge on any atom is -0.493 e. The zero-order valence-electron chi connectivity index (χ0n) is 23.0. The average molecular weight is 583 g/mol. The van der Waals surface area contributed by atoms with E-state index in [1.807, 2.05) is 12.1 Å². The number of thiazole rings is 1. The van der Waals surface area contributed by atoms with Gasteiger partial charge in [-0.1, -0.05) is 12.2 Å². The molecule has 1 saturated heterocycles. The molecule has 0 saturated carbocycles. The number of carbonyl (C=O) groups excluding carboxylic acids is 1. The number of aromatic nitrogens is 3. The van der Waals surface area contributed by atoms with Gasteiger partial charge in [-0.05, 0) is 50.4 Å². The number of aliphatic hydroxyl groups is 1. The second-order valence-corrected chi connectivity index (χ2v) is 11.3. The third-order valence-corrected chi connectivity index (χ3v) is 8.17. The van der Waals surface area contributed by atoms with Crippen LogP contribution in [0.4, 0.5) is 15.3 Å². The van der Waals surface area contributed by atoms with Gasteiger partial charge < -0.3 is 30.1 Å². The number of methoxy groups -OCH3 is 1. The van der Waals surface area contributed by atoms with Crippen LogP contribution in [0.5, 0.6) is 11.5 Å². The minimum absolute atomic E-state index is 0.148. The van der Waals surface area contributed by atoms with Crippen LogP contribution in [0, 0.1) is 5.92 Å². The Kier molecular flexibility index (Phi) is 9.75. The van der Waals surface area contributed by atoms with E-state index in [2.05, 4.69) is 30.5 Å². The molecule has 2 aromatic heterocycles. The molecule has 1 unspecified atom stereocenters. The fraction of sp³-hybridized carbons (Fsp3) is 0.448. The standard InChI is InChI=1S/C29H35FN6O4S/c1-39-25-14-23-24(15-26(25)40-11-3-8-36-9-6-19(17-37)7-10-36)32-18-33-28(23)35-29-31-16-22(41-29)13-27(38)34-21-5-2-4-20(30)12-21/h2,4-5,14-16,18-19,21,37H,3,6-13,17H2,1H3,(H,34,38)(H,31,32,33,35). The predicted octanol–water partition coefficient (Wildman–Crippen LogP) is 4.15. The molecule has 3 N–H and O–H groups in total. The van der Waals surface area contributed by atoms with Crippen molar-refractivity contribution in [2.45, 2.75) is 38.1 Å². The topological polar surface area (TPSA) is 122 Å². The molecule has 3 aromatic rings. The minimum atomic E-state index is -0.343. The summed E-state index contributed by atoms with van der Waals surface area (Å²) in [5, 5.41) is 16.7. The lowest BCUT2D eigenvalue weighted by molar-refractivity contribution is -0.120. The lowest BCUT2D eigenvalue weighted by Crippen LogP contribution is -2.35. The lowest BCUT2D eigenvalue weighted by Gasteiger charge is -2.30. The normalized spacial score (nSPS) is 17.8. The van der Waals surface area contributed by atoms with Crippen molar-refractivity contribution in [2.75, 3.05) is 45.3 Å². The first kappa shape index (κ1) is 28.9. The summed E-state index contributed by atoms with van der Waals surface area (Å²) in [6.07, 6.45) is 11.2. The zero-order valence-corrected chi connectivity index (χ0v) is 23.8. The predicted molar refractivity (Wildman–Crippen MR) is 156 cm³/mol. The zero-order chi connectivity index (χ0) is 28.6. The van der Waals surface area contributed by atoms with Crippen LogP contribution < -0.4 is 20.1 Å². The lowest BCUT2D eigenvalue weighted by atomic mass is 9.98. The molecule has 1 aromatic carbocycles. The molecule has 0 radical (unpaired) electrons. The summed E-state index contributed by atoms with van der Waals surface area (Å²) in [6.45, 7) is 3.82. The highest BCUT2D eigenvalue weighted by Gasteiger charge is 2.19. The molecule has 1 fully saturated rings. The fourth-order valence-electron chi connectivity index (χ4n) is 5.00. The SMILES string of the molecule is COc1cc2c(Nc3ncc(CC(=O)NC4C=CC=C(F)C4)s3)ncnc2cc1OCCCN1CCC(CO)CC1. The van der Waals surface area contributed by atoms with E-state index >= 15 is 0 Å². The van der Waals surface area contributed by atoms with Crippen LogP contribution in [0.15, 0.2) is 48.7 Å². The van der Waals surface area contributed by atoms with Gasteiger partial charge >= 0.3 is 0 Å². The average Bonchev–Trinajstić information content (AvgIpc) is 3.41. The van der Waals surface area contributed by atoms with E-state index in [0.717, 1.165) is 49.2 Å². The summed E-state index contributed by atoms with van der Waals surface area (Å²) in [7, 11) is 1.60. The number of halogens is 1. The number of piperidine rings is 1. The molecule has 0 bridgehead atoms. The number of likely N-dealkylation sites (tertiary alicyclic amines) is 1. The molecule has 12 heteroatoms. The number of aliphatic hydroxyl groups excluding tert-OH is 1. The molecule has 5 rings (SSSR count). The number of carbonyl (C=O) groups is 1. The first-order valence-electron chi connectivity index (χ1n) is 13.8. The van der Waals surface area contributed by atoms with Gasteiger partial charge in [-0.15, -0.1) is 11.3 Å². The fourth-order valence-corrected chi connectivity index (χ4v) is 5.81. The number of hydrogen-bond acceptors (Lipinski definition) is 10. The van der Waals surface area contributed by atoms with Crippen LogP contribution in [0.25, 0.3) is 10.9 Å². The van der Waals surface area contributed by atoms with Crippen molar-refractivity contribution >= 4 is 39.1 Å². The van der Waals surface area contributed by atoms with Crippen molar-refractivity contribution in [2.24, 2.45) is 5.92 Å². The van der Waals surface area contributed by atoms with E-state index in [1.165, 1.54) is 23.7 Å². The maximum Gasteiger partial charge on any atom is 0.225 e. The van der Waals surface area contributed by atoms with E-state index in [0.29, 0.717) is 40.5 Å². The van der Waals surface area contributed by atoms with Crippen LogP contribution in [0.2, 0.25) is 0 Å². The number of amides is 1. The van der Waals surface area contributed by atoms with Gasteiger partial charge in [-0.2, -0.15) is 0 Å². The molecular formula is C29H35FN6O4S. The Bertz CT molecular complexity index is 1410. The highest BCUT2D eigenvalue weighted by Crippen LogP contribution is 2.35. The Balaban J connectivity index is 1.17. The highest BCUT2D eigenvalue weighted by molar-refractivity contribution is 7.15. The maximum atomic E-state index is 13.5. The highest BCUT2D eigenvalue weighted by atomic mass is 32.1. The Hall–Kier alpha value is -3.61. The van der Waals surface area contributed by atoms with Crippen LogP contribution in [0.3, 0.4) is 0 Å². The molecule has 0 spiro atoms. The smallest absolute Gasteiger partial charge is 0.225 e. The van der Waals surface area contributed by atoms with Crippen molar-refractivity contribution in [1.29, 1.82) is 0 Å². The number of nitrogens with one attached hydrogen (secondary N) is 2. The van der Waals surface area contributed by atoms with Gasteiger partial charge in [0.15, 0.2) is 16.6 Å². The number of fused-ring (bicyclic) bond motifs is 1. The molecule has 41 heavy (non-hydrogen) atoms. The van der Waals surface area contributed by atoms with Crippen molar-refractivity contribution < 1.29 is 23.8 Å². The largest absolute Gasteiger partial charge is 0.493 e. The molecule has 3 heterocycles. The number of benzene rings is 1. The maximum absolute atomic E-state index is 13.5. The molecule has 1 atom stereocenters. The van der Waals surface area contributed by atoms with Crippen molar-refractivity contribution in [1.82, 2.24) is 25.2 Å². The van der Waals surface area contributed by atoms with E-state index in [1.54, 1.807) is 25.5 Å². The van der Waals surface area contributed by atoms with Crippen molar-refractivity contribution in [3.8, 4) is 11.5 Å². The van der Waals surface area contributed by atoms with Gasteiger partial charge in [0.25, 0.3) is 0 Å². The summed E-state index contributed by atoms with van der Waals surface area (Å²) in [5.41, 5.74) is 0.697. The van der Waals surface area contributed by atoms with Crippen molar-refractivity contribution in [3.05, 3.63) is 53.6 Å². The second kappa shape index (κ2) is 13.8. The Labute approximate surface area is 242 Å². The van der Waals surface area contributed by atoms with Crippen LogP contribution in [-0.2, 0) is 11.2 Å². The summed E-state index contributed by atoms with van der Waals surface area (Å²) in [5.74, 6) is 1.75. The van der Waals surface area contributed by atoms with Gasteiger partial charge in [0.05, 0.1) is 31.7 Å². The first-order chi connectivity index (χ1) is 20.0. The Morgan fingerprint density at radius 2 is 2.07 bits per heavy atom. The number of rotatable bonds is 12. The molecule has 2 aliphatic rings. The van der Waals surface area contributed by atoms with Crippen molar-refractivity contribution in [3.63, 3.8) is 0 Å². The van der Waals surface area contributed by atoms with Gasteiger partial charge in [0, 0.05) is 42.1 Å². The second-order valence-electron chi connectivity index (χ2n) is 10.2. The number of hydrogen-bond donors (Lipinski definition) is 3. The van der Waals surface area contributed by atoms with Crippen LogP contribution >= 0.6 is 11.3 Å². The van der Waals surface area contributed by atoms with E-state index in [4.69, 9.17) is 9.47 Å². The summed E-state index contributed by atoms with van der Waals surface area (Å²) < 4.78 is 25.2. The number of allylic oxidation sites excluding steroid dienone is 2. The summed E-state index contributed by atoms with van der Waals surface area (Å²) in [4.78, 5) is 28.9.